The van der Waals surface area contributed by atoms with Crippen LogP contribution < -0.4 is 9.03 Å². The Morgan fingerprint density at radius 1 is 1.30 bits per heavy atom. The van der Waals surface area contributed by atoms with E-state index >= 15 is 0 Å². The Bertz CT molecular complexity index is 578. The van der Waals surface area contributed by atoms with E-state index in [2.05, 4.69) is 4.72 Å². The van der Waals surface area contributed by atoms with Crippen molar-refractivity contribution in [3.63, 3.8) is 0 Å². The van der Waals surface area contributed by atoms with Gasteiger partial charge in [0.15, 0.2) is 0 Å². The van der Waals surface area contributed by atoms with Crippen LogP contribution >= 0.6 is 11.6 Å². The molecule has 0 saturated carbocycles. The highest BCUT2D eigenvalue weighted by Gasteiger charge is 2.28. The van der Waals surface area contributed by atoms with Crippen LogP contribution in [0.2, 0.25) is 5.02 Å². The Hall–Kier alpha value is -1.31. The fourth-order valence-electron chi connectivity index (χ4n) is 1.49. The van der Waals surface area contributed by atoms with E-state index in [-0.39, 0.29) is 5.69 Å². The molecule has 0 atom stereocenters. The highest BCUT2D eigenvalue weighted by atomic mass is 35.5. The summed E-state index contributed by atoms with van der Waals surface area (Å²) in [6.45, 7) is 4.34. The summed E-state index contributed by atoms with van der Waals surface area (Å²) in [7, 11) is -3.98. The summed E-state index contributed by atoms with van der Waals surface area (Å²) in [5.74, 6) is -1.25. The molecule has 0 aliphatic rings. The summed E-state index contributed by atoms with van der Waals surface area (Å²) in [5.41, 5.74) is -0.490. The predicted molar refractivity (Wildman–Crippen MR) is 78.2 cm³/mol. The second kappa shape index (κ2) is 5.99. The molecular weight excluding hydrogens is 304 g/mol. The lowest BCUT2D eigenvalue weighted by atomic mass is 10.1. The molecule has 0 aliphatic heterocycles. The molecule has 0 aromatic heterocycles. The van der Waals surface area contributed by atoms with E-state index in [1.54, 1.807) is 20.8 Å². The molecule has 0 radical (unpaired) electrons. The lowest BCUT2D eigenvalue weighted by Gasteiger charge is -2.28. The molecule has 1 aromatic rings. The molecule has 1 aromatic carbocycles. The number of rotatable bonds is 5. The van der Waals surface area contributed by atoms with Crippen LogP contribution in [0.15, 0.2) is 24.3 Å². The largest absolute Gasteiger partial charge is 0.480 e. The van der Waals surface area contributed by atoms with Crippen molar-refractivity contribution >= 4 is 33.5 Å². The Balaban J connectivity index is 3.19. The van der Waals surface area contributed by atoms with Crippen LogP contribution in [0.1, 0.15) is 20.8 Å². The molecule has 6 nitrogen and oxygen atoms in total. The summed E-state index contributed by atoms with van der Waals surface area (Å²) < 4.78 is 27.8. The maximum absolute atomic E-state index is 12.3. The number of carboxylic acid groups (broad SMARTS) is 1. The van der Waals surface area contributed by atoms with Crippen LogP contribution in [0.3, 0.4) is 0 Å². The molecule has 0 saturated heterocycles. The molecular formula is C12H17ClN2O4S. The molecule has 0 unspecified atom stereocenters. The van der Waals surface area contributed by atoms with Gasteiger partial charge in [-0.1, -0.05) is 11.6 Å². The molecule has 2 N–H and O–H groups in total. The maximum atomic E-state index is 12.3. The first-order valence-corrected chi connectivity index (χ1v) is 7.62. The highest BCUT2D eigenvalue weighted by molar-refractivity contribution is 7.91. The van der Waals surface area contributed by atoms with Crippen molar-refractivity contribution in [3.05, 3.63) is 29.3 Å². The number of hydrogen-bond acceptors (Lipinski definition) is 3. The summed E-state index contributed by atoms with van der Waals surface area (Å²) in [4.78, 5) is 10.9. The maximum Gasteiger partial charge on any atom is 0.324 e. The Morgan fingerprint density at radius 3 is 2.20 bits per heavy atom. The number of hydrogen-bond donors (Lipinski definition) is 2. The van der Waals surface area contributed by atoms with Crippen molar-refractivity contribution in [3.8, 4) is 0 Å². The molecule has 112 valence electrons. The van der Waals surface area contributed by atoms with Crippen molar-refractivity contribution in [1.82, 2.24) is 4.72 Å². The van der Waals surface area contributed by atoms with E-state index in [1.807, 2.05) is 0 Å². The van der Waals surface area contributed by atoms with Gasteiger partial charge in [-0.25, -0.2) is 4.31 Å². The smallest absolute Gasteiger partial charge is 0.324 e. The van der Waals surface area contributed by atoms with Gasteiger partial charge in [0.25, 0.3) is 0 Å². The first kappa shape index (κ1) is 16.7. The second-order valence-corrected chi connectivity index (χ2v) is 7.27. The van der Waals surface area contributed by atoms with Crippen LogP contribution in [-0.2, 0) is 15.0 Å². The zero-order valence-corrected chi connectivity index (χ0v) is 13.0. The van der Waals surface area contributed by atoms with Crippen LogP contribution in [-0.4, -0.2) is 31.6 Å². The quantitative estimate of drug-likeness (QED) is 0.867. The standard InChI is InChI=1S/C12H17ClN2O4S/c1-12(2,3)14-20(18,19)15(8-11(16)17)10-6-4-9(13)5-7-10/h4-7,14H,8H2,1-3H3,(H,16,17). The Labute approximate surface area is 123 Å². The van der Waals surface area contributed by atoms with Gasteiger partial charge in [-0.15, -0.1) is 0 Å². The van der Waals surface area contributed by atoms with Gasteiger partial charge in [0.2, 0.25) is 0 Å². The number of nitrogens with zero attached hydrogens (tertiary/aromatic N) is 1. The minimum atomic E-state index is -3.98. The average molecular weight is 321 g/mol. The normalized spacial score (nSPS) is 12.2. The number of nitrogens with one attached hydrogen (secondary N) is 1. The fraction of sp³-hybridized carbons (Fsp3) is 0.417. The Morgan fingerprint density at radius 2 is 1.80 bits per heavy atom. The van der Waals surface area contributed by atoms with Gasteiger partial charge in [0.1, 0.15) is 6.54 Å². The van der Waals surface area contributed by atoms with Gasteiger partial charge in [0, 0.05) is 10.6 Å². The minimum absolute atomic E-state index is 0.230. The van der Waals surface area contributed by atoms with E-state index in [0.717, 1.165) is 4.31 Å². The fourth-order valence-corrected chi connectivity index (χ4v) is 3.18. The lowest BCUT2D eigenvalue weighted by molar-refractivity contribution is -0.135. The third kappa shape index (κ3) is 4.99. The van der Waals surface area contributed by atoms with Crippen molar-refractivity contribution in [1.29, 1.82) is 0 Å². The minimum Gasteiger partial charge on any atom is -0.480 e. The zero-order valence-electron chi connectivity index (χ0n) is 11.4. The molecule has 0 bridgehead atoms. The topological polar surface area (TPSA) is 86.7 Å². The van der Waals surface area contributed by atoms with Gasteiger partial charge in [-0.05, 0) is 45.0 Å². The first-order valence-electron chi connectivity index (χ1n) is 5.80. The molecule has 0 fully saturated rings. The van der Waals surface area contributed by atoms with Gasteiger partial charge < -0.3 is 5.11 Å². The summed E-state index contributed by atoms with van der Waals surface area (Å²) in [6, 6.07) is 5.90. The average Bonchev–Trinajstić information content (AvgIpc) is 2.23. The third-order valence-corrected chi connectivity index (χ3v) is 4.16. The van der Waals surface area contributed by atoms with Crippen molar-refractivity contribution in [2.75, 3.05) is 10.8 Å². The highest BCUT2D eigenvalue weighted by Crippen LogP contribution is 2.21. The van der Waals surface area contributed by atoms with Crippen LogP contribution in [0, 0.1) is 0 Å². The molecule has 0 heterocycles. The summed E-state index contributed by atoms with van der Waals surface area (Å²) >= 11 is 5.74. The van der Waals surface area contributed by atoms with Gasteiger partial charge >= 0.3 is 16.2 Å². The molecule has 1 rings (SSSR count). The van der Waals surface area contributed by atoms with Crippen molar-refractivity contribution < 1.29 is 18.3 Å². The van der Waals surface area contributed by atoms with Crippen LogP contribution in [0.4, 0.5) is 5.69 Å². The third-order valence-electron chi connectivity index (χ3n) is 2.12. The number of carboxylic acids is 1. The van der Waals surface area contributed by atoms with E-state index in [4.69, 9.17) is 16.7 Å². The lowest BCUT2D eigenvalue weighted by Crippen LogP contribution is -2.50. The summed E-state index contributed by atoms with van der Waals surface area (Å²) in [6.07, 6.45) is 0. The molecule has 8 heteroatoms. The van der Waals surface area contributed by atoms with Crippen molar-refractivity contribution in [2.45, 2.75) is 26.3 Å². The number of aliphatic carboxylic acids is 1. The Kier molecular flexibility index (Phi) is 5.01. The molecule has 0 amide bonds. The van der Waals surface area contributed by atoms with E-state index in [1.165, 1.54) is 24.3 Å². The van der Waals surface area contributed by atoms with Gasteiger partial charge in [0.05, 0.1) is 5.69 Å². The second-order valence-electron chi connectivity index (χ2n) is 5.23. The number of anilines is 1. The van der Waals surface area contributed by atoms with Gasteiger partial charge in [-0.3, -0.25) is 4.79 Å². The zero-order chi connectivity index (χ0) is 15.6. The molecule has 20 heavy (non-hydrogen) atoms. The van der Waals surface area contributed by atoms with E-state index < -0.39 is 28.3 Å². The number of carbonyl (C=O) groups is 1. The first-order chi connectivity index (χ1) is 9.01. The molecule has 0 aliphatic carbocycles. The van der Waals surface area contributed by atoms with Crippen LogP contribution in [0.5, 0.6) is 0 Å². The predicted octanol–water partition coefficient (Wildman–Crippen LogP) is 1.86. The SMILES string of the molecule is CC(C)(C)NS(=O)(=O)N(CC(=O)O)c1ccc(Cl)cc1. The van der Waals surface area contributed by atoms with E-state index in [9.17, 15) is 13.2 Å². The molecule has 0 spiro atoms. The summed E-state index contributed by atoms with van der Waals surface area (Å²) in [5, 5.41) is 9.34. The van der Waals surface area contributed by atoms with Gasteiger partial charge in [-0.2, -0.15) is 13.1 Å². The van der Waals surface area contributed by atoms with E-state index in [0.29, 0.717) is 5.02 Å². The number of benzene rings is 1. The monoisotopic (exact) mass is 320 g/mol. The van der Waals surface area contributed by atoms with Crippen molar-refractivity contribution in [2.24, 2.45) is 0 Å². The van der Waals surface area contributed by atoms with Crippen LogP contribution in [0.25, 0.3) is 0 Å². The number of halogens is 1.